The minimum atomic E-state index is 0.0507. The van der Waals surface area contributed by atoms with Crippen LogP contribution in [-0.2, 0) is 4.79 Å². The number of benzene rings is 1. The highest BCUT2D eigenvalue weighted by Gasteiger charge is 2.26. The smallest absolute Gasteiger partial charge is 0.342 e. The van der Waals surface area contributed by atoms with Gasteiger partial charge in [-0.3, -0.25) is 4.79 Å². The van der Waals surface area contributed by atoms with Crippen molar-refractivity contribution in [3.05, 3.63) is 29.8 Å². The van der Waals surface area contributed by atoms with E-state index in [0.717, 1.165) is 11.3 Å². The van der Waals surface area contributed by atoms with Crippen LogP contribution in [0.4, 0.5) is 0 Å². The Kier molecular flexibility index (Phi) is 2.18. The number of hydrogen-bond acceptors (Lipinski definition) is 2. The third-order valence-corrected chi connectivity index (χ3v) is 2.00. The Hall–Kier alpha value is -1.84. The van der Waals surface area contributed by atoms with E-state index in [1.807, 2.05) is 30.5 Å². The molecule has 4 nitrogen and oxygen atoms in total. The number of hydrogen-bond donors (Lipinski definition) is 1. The molecule has 1 N–H and O–H groups in total. The maximum Gasteiger partial charge on any atom is 0.342 e. The maximum absolute atomic E-state index is 10.6. The average Bonchev–Trinajstić information content (AvgIpc) is 2.17. The standard InChI is InChI=1S/C10H10N2O2/c1-14-9-4-2-8(3-5-9)6-12-7-10(13)11-12/h2-6H,7H2,1H3/p+1/b12-6-. The van der Waals surface area contributed by atoms with Crippen molar-refractivity contribution in [1.29, 1.82) is 0 Å². The Balaban J connectivity index is 2.10. The quantitative estimate of drug-likeness (QED) is 0.677. The number of hydrazine groups is 1. The van der Waals surface area contributed by atoms with E-state index in [4.69, 9.17) is 4.74 Å². The average molecular weight is 191 g/mol. The van der Waals surface area contributed by atoms with E-state index in [1.54, 1.807) is 11.8 Å². The topological polar surface area (TPSA) is 41.3 Å². The van der Waals surface area contributed by atoms with Gasteiger partial charge in [0.15, 0.2) is 0 Å². The van der Waals surface area contributed by atoms with E-state index >= 15 is 0 Å². The number of nitrogens with zero attached hydrogens (tertiary/aromatic N) is 1. The molecule has 1 aromatic carbocycles. The van der Waals surface area contributed by atoms with Gasteiger partial charge in [0.1, 0.15) is 5.75 Å². The highest BCUT2D eigenvalue weighted by molar-refractivity contribution is 5.83. The summed E-state index contributed by atoms with van der Waals surface area (Å²) in [5, 5.41) is 0. The summed E-state index contributed by atoms with van der Waals surface area (Å²) in [5.74, 6) is 0.879. The Labute approximate surface area is 81.8 Å². The van der Waals surface area contributed by atoms with Crippen molar-refractivity contribution >= 4 is 12.1 Å². The third kappa shape index (κ3) is 1.74. The Morgan fingerprint density at radius 1 is 1.43 bits per heavy atom. The molecule has 0 aliphatic carbocycles. The zero-order valence-corrected chi connectivity index (χ0v) is 7.86. The largest absolute Gasteiger partial charge is 0.497 e. The van der Waals surface area contributed by atoms with E-state index in [-0.39, 0.29) is 5.91 Å². The summed E-state index contributed by atoms with van der Waals surface area (Å²) in [4.78, 5) is 10.6. The molecule has 1 saturated heterocycles. The Morgan fingerprint density at radius 3 is 2.57 bits per heavy atom. The summed E-state index contributed by atoms with van der Waals surface area (Å²) < 4.78 is 6.77. The van der Waals surface area contributed by atoms with Crippen molar-refractivity contribution in [2.75, 3.05) is 13.7 Å². The molecule has 4 heteroatoms. The van der Waals surface area contributed by atoms with Crippen molar-refractivity contribution in [1.82, 2.24) is 5.43 Å². The van der Waals surface area contributed by atoms with Gasteiger partial charge in [0.2, 0.25) is 6.21 Å². The number of hydrazone groups is 1. The van der Waals surface area contributed by atoms with Gasteiger partial charge in [-0.1, -0.05) is 0 Å². The lowest BCUT2D eigenvalue weighted by Crippen LogP contribution is -2.52. The van der Waals surface area contributed by atoms with Crippen LogP contribution in [0.5, 0.6) is 5.75 Å². The first-order chi connectivity index (χ1) is 6.78. The van der Waals surface area contributed by atoms with Gasteiger partial charge >= 0.3 is 5.91 Å². The lowest BCUT2D eigenvalue weighted by atomic mass is 10.2. The molecule has 1 aromatic rings. The van der Waals surface area contributed by atoms with Crippen LogP contribution in [0.3, 0.4) is 0 Å². The van der Waals surface area contributed by atoms with E-state index < -0.39 is 0 Å². The molecule has 0 atom stereocenters. The van der Waals surface area contributed by atoms with Crippen molar-refractivity contribution in [3.63, 3.8) is 0 Å². The van der Waals surface area contributed by atoms with Gasteiger partial charge in [-0.15, -0.1) is 10.1 Å². The minimum Gasteiger partial charge on any atom is -0.497 e. The fourth-order valence-corrected chi connectivity index (χ4v) is 1.25. The first-order valence-corrected chi connectivity index (χ1v) is 4.33. The van der Waals surface area contributed by atoms with Gasteiger partial charge in [-0.05, 0) is 24.3 Å². The van der Waals surface area contributed by atoms with E-state index in [9.17, 15) is 4.79 Å². The third-order valence-electron chi connectivity index (χ3n) is 2.00. The van der Waals surface area contributed by atoms with Gasteiger partial charge in [0.05, 0.1) is 7.11 Å². The summed E-state index contributed by atoms with van der Waals surface area (Å²) in [6.45, 7) is 0.437. The van der Waals surface area contributed by atoms with Crippen LogP contribution in [-0.4, -0.2) is 30.5 Å². The molecule has 2 rings (SSSR count). The summed E-state index contributed by atoms with van der Waals surface area (Å²) in [7, 11) is 1.63. The van der Waals surface area contributed by atoms with Gasteiger partial charge in [-0.25, -0.2) is 0 Å². The zero-order chi connectivity index (χ0) is 9.97. The van der Waals surface area contributed by atoms with E-state index in [1.165, 1.54) is 0 Å². The monoisotopic (exact) mass is 191 g/mol. The molecule has 0 radical (unpaired) electrons. The number of carbonyl (C=O) groups excluding carboxylic acids is 1. The molecule has 0 spiro atoms. The van der Waals surface area contributed by atoms with E-state index in [2.05, 4.69) is 5.43 Å². The van der Waals surface area contributed by atoms with Crippen LogP contribution in [0.2, 0.25) is 0 Å². The lowest BCUT2D eigenvalue weighted by Gasteiger charge is -2.09. The number of ether oxygens (including phenoxy) is 1. The first-order valence-electron chi connectivity index (χ1n) is 4.33. The Bertz CT molecular complexity index is 372. The normalized spacial score (nSPS) is 17.5. The second-order valence-corrected chi connectivity index (χ2v) is 3.07. The van der Waals surface area contributed by atoms with Crippen molar-refractivity contribution in [2.45, 2.75) is 0 Å². The van der Waals surface area contributed by atoms with Crippen LogP contribution in [0.25, 0.3) is 0 Å². The number of carbonyl (C=O) groups is 1. The van der Waals surface area contributed by atoms with Crippen molar-refractivity contribution in [2.24, 2.45) is 0 Å². The molecule has 0 saturated carbocycles. The SMILES string of the molecule is COc1ccc(/C=[N+]2/CC(=O)N2)cc1. The van der Waals surface area contributed by atoms with Crippen LogP contribution >= 0.6 is 0 Å². The fourth-order valence-electron chi connectivity index (χ4n) is 1.25. The minimum absolute atomic E-state index is 0.0507. The summed E-state index contributed by atoms with van der Waals surface area (Å²) >= 11 is 0. The molecular weight excluding hydrogens is 180 g/mol. The summed E-state index contributed by atoms with van der Waals surface area (Å²) in [5.41, 5.74) is 3.66. The second kappa shape index (κ2) is 3.49. The molecule has 0 bridgehead atoms. The zero-order valence-electron chi connectivity index (χ0n) is 7.86. The Morgan fingerprint density at radius 2 is 2.07 bits per heavy atom. The van der Waals surface area contributed by atoms with Gasteiger partial charge in [0.25, 0.3) is 6.54 Å². The summed E-state index contributed by atoms with van der Waals surface area (Å²) in [6.07, 6.45) is 1.88. The lowest BCUT2D eigenvalue weighted by molar-refractivity contribution is -0.598. The van der Waals surface area contributed by atoms with Gasteiger partial charge in [0, 0.05) is 5.56 Å². The molecule has 72 valence electrons. The number of rotatable bonds is 2. The van der Waals surface area contributed by atoms with Crippen LogP contribution < -0.4 is 10.2 Å². The predicted octanol–water partition coefficient (Wildman–Crippen LogP) is 0.171. The highest BCUT2D eigenvalue weighted by atomic mass is 16.5. The van der Waals surface area contributed by atoms with Crippen LogP contribution in [0, 0.1) is 0 Å². The fraction of sp³-hybridized carbons (Fsp3) is 0.200. The molecule has 1 fully saturated rings. The van der Waals surface area contributed by atoms with Crippen LogP contribution in [0.1, 0.15) is 5.56 Å². The maximum atomic E-state index is 10.6. The van der Waals surface area contributed by atoms with Gasteiger partial charge in [-0.2, -0.15) is 0 Å². The van der Waals surface area contributed by atoms with E-state index in [0.29, 0.717) is 6.54 Å². The summed E-state index contributed by atoms with van der Waals surface area (Å²) in [6, 6.07) is 7.63. The highest BCUT2D eigenvalue weighted by Crippen LogP contribution is 2.09. The number of amides is 1. The molecule has 1 aliphatic rings. The molecule has 14 heavy (non-hydrogen) atoms. The molecule has 1 heterocycles. The van der Waals surface area contributed by atoms with Crippen LogP contribution in [0.15, 0.2) is 24.3 Å². The van der Waals surface area contributed by atoms with Crippen molar-refractivity contribution in [3.8, 4) is 5.75 Å². The molecular formula is C10H11N2O2+. The number of methoxy groups -OCH3 is 1. The van der Waals surface area contributed by atoms with Gasteiger partial charge < -0.3 is 4.74 Å². The molecule has 1 amide bonds. The molecule has 1 aliphatic heterocycles. The number of nitrogens with one attached hydrogen (secondary N) is 1. The first kappa shape index (κ1) is 8.74. The second-order valence-electron chi connectivity index (χ2n) is 3.07. The predicted molar refractivity (Wildman–Crippen MR) is 51.4 cm³/mol. The molecule has 0 aromatic heterocycles. The molecule has 0 unspecified atom stereocenters. The van der Waals surface area contributed by atoms with Crippen molar-refractivity contribution < 1.29 is 14.2 Å².